The number of carbonyl (C=O) groups is 1. The number of hydrogen-bond donors (Lipinski definition) is 0. The number of anilines is 2. The lowest BCUT2D eigenvalue weighted by Crippen LogP contribution is -2.36. The van der Waals surface area contributed by atoms with Crippen molar-refractivity contribution >= 4 is 17.4 Å². The fourth-order valence-electron chi connectivity index (χ4n) is 4.85. The van der Waals surface area contributed by atoms with Crippen LogP contribution in [0.3, 0.4) is 0 Å². The maximum absolute atomic E-state index is 13.4. The van der Waals surface area contributed by atoms with Gasteiger partial charge < -0.3 is 9.80 Å². The molecule has 1 unspecified atom stereocenters. The molecule has 4 heterocycles. The van der Waals surface area contributed by atoms with E-state index in [0.717, 1.165) is 49.5 Å². The highest BCUT2D eigenvalue weighted by molar-refractivity contribution is 6.10. The molecule has 0 spiro atoms. The Bertz CT molecular complexity index is 846. The van der Waals surface area contributed by atoms with Crippen LogP contribution in [0.25, 0.3) is 0 Å². The molecule has 0 aliphatic carbocycles. The van der Waals surface area contributed by atoms with Gasteiger partial charge in [0.05, 0.1) is 5.56 Å². The molecule has 27 heavy (non-hydrogen) atoms. The van der Waals surface area contributed by atoms with Crippen molar-refractivity contribution in [2.24, 2.45) is 0 Å². The van der Waals surface area contributed by atoms with Crippen LogP contribution in [0.15, 0.2) is 42.6 Å². The van der Waals surface area contributed by atoms with Crippen molar-refractivity contribution < 1.29 is 4.79 Å². The van der Waals surface area contributed by atoms with Gasteiger partial charge in [0.25, 0.3) is 5.91 Å². The third-order valence-corrected chi connectivity index (χ3v) is 6.27. The lowest BCUT2D eigenvalue weighted by Gasteiger charge is -2.26. The summed E-state index contributed by atoms with van der Waals surface area (Å²) in [6, 6.07) is 12.6. The number of amides is 1. The zero-order valence-corrected chi connectivity index (χ0v) is 15.7. The summed E-state index contributed by atoms with van der Waals surface area (Å²) in [6.07, 6.45) is 6.54. The van der Waals surface area contributed by atoms with E-state index >= 15 is 0 Å². The first-order chi connectivity index (χ1) is 13.3. The highest BCUT2D eigenvalue weighted by Crippen LogP contribution is 2.32. The summed E-state index contributed by atoms with van der Waals surface area (Å²) in [4.78, 5) is 24.9. The summed E-state index contributed by atoms with van der Waals surface area (Å²) in [7, 11) is 0. The highest BCUT2D eigenvalue weighted by Gasteiger charge is 2.33. The predicted octanol–water partition coefficient (Wildman–Crippen LogP) is 2.96. The summed E-state index contributed by atoms with van der Waals surface area (Å²) in [6.45, 7) is 5.15. The molecule has 1 amide bonds. The molecule has 2 saturated heterocycles. The first kappa shape index (κ1) is 16.8. The Hall–Kier alpha value is -2.40. The summed E-state index contributed by atoms with van der Waals surface area (Å²) < 4.78 is 0. The van der Waals surface area contributed by atoms with Crippen LogP contribution < -0.4 is 9.80 Å². The maximum atomic E-state index is 13.4. The van der Waals surface area contributed by atoms with Crippen LogP contribution in [0.4, 0.5) is 11.5 Å². The Balaban J connectivity index is 1.39. The standard InChI is InChI=1S/C22H26N4O/c27-22(26-15-9-17-6-1-2-8-20(17)26)19-7-5-11-23-21(19)25-14-10-18(16-25)24-12-3-4-13-24/h1-2,5-8,11,18H,3-4,9-10,12-16H2. The second kappa shape index (κ2) is 6.97. The third-order valence-electron chi connectivity index (χ3n) is 6.27. The van der Waals surface area contributed by atoms with Gasteiger partial charge in [-0.25, -0.2) is 4.98 Å². The Morgan fingerprint density at radius 3 is 2.74 bits per heavy atom. The number of hydrogen-bond acceptors (Lipinski definition) is 4. The molecule has 2 aromatic rings. The maximum Gasteiger partial charge on any atom is 0.262 e. The van der Waals surface area contributed by atoms with Crippen LogP contribution >= 0.6 is 0 Å². The van der Waals surface area contributed by atoms with E-state index < -0.39 is 0 Å². The average Bonchev–Trinajstić information content (AvgIpc) is 3.47. The number of likely N-dealkylation sites (tertiary alicyclic amines) is 1. The van der Waals surface area contributed by atoms with Gasteiger partial charge in [-0.05, 0) is 62.5 Å². The molecular weight excluding hydrogens is 336 g/mol. The molecule has 1 atom stereocenters. The molecule has 1 aromatic carbocycles. The third kappa shape index (κ3) is 3.00. The Kier molecular flexibility index (Phi) is 4.32. The molecule has 0 saturated carbocycles. The second-order valence-corrected chi connectivity index (χ2v) is 7.84. The van der Waals surface area contributed by atoms with Gasteiger partial charge in [0.2, 0.25) is 0 Å². The van der Waals surface area contributed by atoms with E-state index in [2.05, 4.69) is 26.9 Å². The molecule has 5 heteroatoms. The Morgan fingerprint density at radius 2 is 1.85 bits per heavy atom. The summed E-state index contributed by atoms with van der Waals surface area (Å²) in [5.41, 5.74) is 3.04. The van der Waals surface area contributed by atoms with Crippen LogP contribution in [0.2, 0.25) is 0 Å². The van der Waals surface area contributed by atoms with Gasteiger partial charge in [0, 0.05) is 37.6 Å². The van der Waals surface area contributed by atoms with Crippen LogP contribution in [-0.4, -0.2) is 54.6 Å². The topological polar surface area (TPSA) is 39.7 Å². The smallest absolute Gasteiger partial charge is 0.262 e. The monoisotopic (exact) mass is 362 g/mol. The highest BCUT2D eigenvalue weighted by atomic mass is 16.2. The van der Waals surface area contributed by atoms with E-state index in [4.69, 9.17) is 0 Å². The lowest BCUT2D eigenvalue weighted by atomic mass is 10.1. The summed E-state index contributed by atoms with van der Waals surface area (Å²) in [5.74, 6) is 0.932. The van der Waals surface area contributed by atoms with E-state index in [1.165, 1.54) is 31.5 Å². The number of para-hydroxylation sites is 1. The van der Waals surface area contributed by atoms with Crippen LogP contribution in [0, 0.1) is 0 Å². The average molecular weight is 362 g/mol. The van der Waals surface area contributed by atoms with Crippen molar-refractivity contribution in [1.29, 1.82) is 0 Å². The molecule has 140 valence electrons. The number of fused-ring (bicyclic) bond motifs is 1. The van der Waals surface area contributed by atoms with Crippen LogP contribution in [0.1, 0.15) is 35.2 Å². The molecular formula is C22H26N4O. The van der Waals surface area contributed by atoms with E-state index in [1.807, 2.05) is 35.4 Å². The number of nitrogens with zero attached hydrogens (tertiary/aromatic N) is 4. The minimum atomic E-state index is 0.0765. The second-order valence-electron chi connectivity index (χ2n) is 7.84. The van der Waals surface area contributed by atoms with Gasteiger partial charge in [-0.15, -0.1) is 0 Å². The minimum absolute atomic E-state index is 0.0765. The van der Waals surface area contributed by atoms with Gasteiger partial charge in [0.15, 0.2) is 0 Å². The van der Waals surface area contributed by atoms with Crippen molar-refractivity contribution in [3.63, 3.8) is 0 Å². The fourth-order valence-corrected chi connectivity index (χ4v) is 4.85. The number of aromatic nitrogens is 1. The first-order valence-corrected chi connectivity index (χ1v) is 10.1. The molecule has 0 bridgehead atoms. The van der Waals surface area contributed by atoms with Crippen molar-refractivity contribution in [1.82, 2.24) is 9.88 Å². The van der Waals surface area contributed by atoms with Gasteiger partial charge in [-0.2, -0.15) is 0 Å². The van der Waals surface area contributed by atoms with Crippen molar-refractivity contribution in [2.75, 3.05) is 42.5 Å². The Morgan fingerprint density at radius 1 is 1.00 bits per heavy atom. The van der Waals surface area contributed by atoms with Gasteiger partial charge in [0.1, 0.15) is 5.82 Å². The van der Waals surface area contributed by atoms with Crippen molar-refractivity contribution in [3.05, 3.63) is 53.7 Å². The van der Waals surface area contributed by atoms with E-state index in [0.29, 0.717) is 6.04 Å². The predicted molar refractivity (Wildman–Crippen MR) is 107 cm³/mol. The number of pyridine rings is 1. The zero-order valence-electron chi connectivity index (χ0n) is 15.7. The number of rotatable bonds is 3. The van der Waals surface area contributed by atoms with Crippen LogP contribution in [-0.2, 0) is 6.42 Å². The van der Waals surface area contributed by atoms with Gasteiger partial charge >= 0.3 is 0 Å². The number of benzene rings is 1. The summed E-state index contributed by atoms with van der Waals surface area (Å²) >= 11 is 0. The quantitative estimate of drug-likeness (QED) is 0.842. The molecule has 1 aromatic heterocycles. The van der Waals surface area contributed by atoms with E-state index in [1.54, 1.807) is 0 Å². The molecule has 2 fully saturated rings. The molecule has 0 N–H and O–H groups in total. The molecule has 0 radical (unpaired) electrons. The SMILES string of the molecule is O=C(c1cccnc1N1CCC(N2CCCC2)C1)N1CCc2ccccc21. The minimum Gasteiger partial charge on any atom is -0.354 e. The molecule has 3 aliphatic rings. The largest absolute Gasteiger partial charge is 0.354 e. The van der Waals surface area contributed by atoms with Crippen molar-refractivity contribution in [3.8, 4) is 0 Å². The van der Waals surface area contributed by atoms with Crippen LogP contribution in [0.5, 0.6) is 0 Å². The van der Waals surface area contributed by atoms with E-state index in [9.17, 15) is 4.79 Å². The van der Waals surface area contributed by atoms with Gasteiger partial charge in [-0.1, -0.05) is 18.2 Å². The first-order valence-electron chi connectivity index (χ1n) is 10.1. The summed E-state index contributed by atoms with van der Waals surface area (Å²) in [5, 5.41) is 0. The lowest BCUT2D eigenvalue weighted by molar-refractivity contribution is 0.0989. The Labute approximate surface area is 160 Å². The molecule has 3 aliphatic heterocycles. The molecule has 5 nitrogen and oxygen atoms in total. The van der Waals surface area contributed by atoms with Crippen molar-refractivity contribution in [2.45, 2.75) is 31.7 Å². The zero-order chi connectivity index (χ0) is 18.2. The van der Waals surface area contributed by atoms with Gasteiger partial charge in [-0.3, -0.25) is 9.69 Å². The normalized spacial score (nSPS) is 22.4. The number of carbonyl (C=O) groups excluding carboxylic acids is 1. The fraction of sp³-hybridized carbons (Fsp3) is 0.455. The van der Waals surface area contributed by atoms with E-state index in [-0.39, 0.29) is 5.91 Å². The molecule has 5 rings (SSSR count).